The molecule has 0 aliphatic heterocycles. The lowest BCUT2D eigenvalue weighted by Crippen LogP contribution is -2.39. The van der Waals surface area contributed by atoms with Gasteiger partial charge in [-0.25, -0.2) is 9.59 Å². The molecule has 11 heteroatoms. The van der Waals surface area contributed by atoms with Crippen LogP contribution < -0.4 is 5.32 Å². The highest BCUT2D eigenvalue weighted by Gasteiger charge is 2.36. The molecule has 0 heterocycles. The van der Waals surface area contributed by atoms with Crippen LogP contribution in [0.15, 0.2) is 121 Å². The average Bonchev–Trinajstić information content (AvgIpc) is 3.16. The maximum Gasteiger partial charge on any atom is 0.407 e. The minimum atomic E-state index is -4.02. The molecule has 270 valence electrons. The summed E-state index contributed by atoms with van der Waals surface area (Å²) in [6.07, 6.45) is -0.647. The van der Waals surface area contributed by atoms with E-state index in [1.54, 1.807) is 14.0 Å². The molecule has 1 N–H and O–H groups in total. The molecule has 4 aromatic carbocycles. The van der Waals surface area contributed by atoms with Crippen molar-refractivity contribution in [2.75, 3.05) is 19.8 Å². The number of nitrogens with zero attached hydrogens (tertiary/aromatic N) is 1. The summed E-state index contributed by atoms with van der Waals surface area (Å²) < 4.78 is 37.6. The third kappa shape index (κ3) is 14.2. The second kappa shape index (κ2) is 20.8. The number of amides is 2. The molecule has 0 aromatic heterocycles. The van der Waals surface area contributed by atoms with Gasteiger partial charge in [0.2, 0.25) is 5.91 Å². The predicted molar refractivity (Wildman–Crippen MR) is 196 cm³/mol. The number of likely N-dealkylation sites (N-methyl/N-ethyl adjacent to an activating group) is 1. The van der Waals surface area contributed by atoms with Gasteiger partial charge in [-0.05, 0) is 48.4 Å². The Balaban J connectivity index is 1.42. The first kappa shape index (κ1) is 39.0. The molecule has 51 heavy (non-hydrogen) atoms. The number of ether oxygens (including phenoxy) is 2. The Morgan fingerprint density at radius 2 is 1.18 bits per heavy atom. The Hall–Kier alpha value is -4.76. The minimum absolute atomic E-state index is 0.0106. The van der Waals surface area contributed by atoms with Crippen molar-refractivity contribution in [1.29, 1.82) is 0 Å². The monoisotopic (exact) mass is 714 g/mol. The molecule has 0 bridgehead atoms. The first-order valence-electron chi connectivity index (χ1n) is 17.1. The molecule has 0 aliphatic carbocycles. The molecule has 0 aliphatic rings. The highest BCUT2D eigenvalue weighted by Crippen LogP contribution is 2.52. The number of unbranched alkanes of at least 4 members (excludes halogenated alkanes) is 1. The highest BCUT2D eigenvalue weighted by atomic mass is 31.2. The van der Waals surface area contributed by atoms with Gasteiger partial charge in [0.05, 0.1) is 19.2 Å². The van der Waals surface area contributed by atoms with Gasteiger partial charge >= 0.3 is 19.7 Å². The number of carbonyl (C=O) groups excluding carboxylic acids is 3. The summed E-state index contributed by atoms with van der Waals surface area (Å²) in [6.45, 7) is 2.21. The third-order valence-electron chi connectivity index (χ3n) is 8.16. The van der Waals surface area contributed by atoms with Crippen molar-refractivity contribution in [3.63, 3.8) is 0 Å². The van der Waals surface area contributed by atoms with Crippen molar-refractivity contribution >= 4 is 25.6 Å². The Morgan fingerprint density at radius 1 is 0.686 bits per heavy atom. The predicted octanol–water partition coefficient (Wildman–Crippen LogP) is 7.71. The van der Waals surface area contributed by atoms with Crippen LogP contribution in [0.5, 0.6) is 0 Å². The first-order chi connectivity index (χ1) is 24.7. The van der Waals surface area contributed by atoms with Crippen LogP contribution in [0.2, 0.25) is 0 Å². The molecule has 3 atom stereocenters. The van der Waals surface area contributed by atoms with Crippen molar-refractivity contribution < 1.29 is 37.5 Å². The quantitative estimate of drug-likeness (QED) is 0.0562. The summed E-state index contributed by atoms with van der Waals surface area (Å²) in [5.74, 6) is -0.837. The second-order valence-corrected chi connectivity index (χ2v) is 14.3. The van der Waals surface area contributed by atoms with Gasteiger partial charge < -0.3 is 24.2 Å². The van der Waals surface area contributed by atoms with Crippen LogP contribution in [-0.4, -0.2) is 54.8 Å². The van der Waals surface area contributed by atoms with Crippen LogP contribution in [0.3, 0.4) is 0 Å². The number of rotatable bonds is 20. The number of hydrogen-bond acceptors (Lipinski definition) is 8. The minimum Gasteiger partial charge on any atom is -0.459 e. The molecule has 0 radical (unpaired) electrons. The van der Waals surface area contributed by atoms with Crippen LogP contribution in [0.1, 0.15) is 48.4 Å². The lowest BCUT2D eigenvalue weighted by molar-refractivity contribution is -0.154. The van der Waals surface area contributed by atoms with E-state index < -0.39 is 31.8 Å². The Labute approximate surface area is 300 Å². The second-order valence-electron chi connectivity index (χ2n) is 12.2. The summed E-state index contributed by atoms with van der Waals surface area (Å²) in [5, 5.41) is 2.72. The van der Waals surface area contributed by atoms with E-state index in [0.717, 1.165) is 22.3 Å². The van der Waals surface area contributed by atoms with Gasteiger partial charge in [-0.15, -0.1) is 0 Å². The fourth-order valence-electron chi connectivity index (χ4n) is 5.11. The Bertz CT molecular complexity index is 1680. The molecule has 4 rings (SSSR count). The number of benzene rings is 4. The number of alkyl carbamates (subject to hydrolysis) is 1. The average molecular weight is 715 g/mol. The highest BCUT2D eigenvalue weighted by molar-refractivity contribution is 7.53. The van der Waals surface area contributed by atoms with Gasteiger partial charge in [-0.1, -0.05) is 121 Å². The zero-order valence-corrected chi connectivity index (χ0v) is 30.1. The van der Waals surface area contributed by atoms with Crippen LogP contribution in [0.4, 0.5) is 4.79 Å². The van der Waals surface area contributed by atoms with Crippen molar-refractivity contribution in [3.8, 4) is 0 Å². The summed E-state index contributed by atoms with van der Waals surface area (Å²) in [6, 6.07) is 36.7. The smallest absolute Gasteiger partial charge is 0.407 e. The molecule has 0 spiro atoms. The molecule has 2 amide bonds. The van der Waals surface area contributed by atoms with Crippen LogP contribution in [0.25, 0.3) is 0 Å². The normalized spacial score (nSPS) is 13.3. The molecule has 0 fully saturated rings. The maximum atomic E-state index is 14.6. The molecule has 4 aromatic rings. The number of hydrogen-bond donors (Lipinski definition) is 1. The van der Waals surface area contributed by atoms with E-state index in [4.69, 9.17) is 18.5 Å². The molecule has 1 unspecified atom stereocenters. The van der Waals surface area contributed by atoms with Gasteiger partial charge in [0.15, 0.2) is 6.10 Å². The molecule has 0 saturated heterocycles. The van der Waals surface area contributed by atoms with Crippen molar-refractivity contribution in [2.24, 2.45) is 0 Å². The zero-order valence-electron chi connectivity index (χ0n) is 29.2. The summed E-state index contributed by atoms with van der Waals surface area (Å²) in [4.78, 5) is 40.4. The summed E-state index contributed by atoms with van der Waals surface area (Å²) in [5.41, 5.74) is 3.30. The fourth-order valence-corrected chi connectivity index (χ4v) is 7.18. The molecular weight excluding hydrogens is 667 g/mol. The fraction of sp³-hybridized carbons (Fsp3) is 0.325. The van der Waals surface area contributed by atoms with E-state index >= 15 is 0 Å². The van der Waals surface area contributed by atoms with E-state index in [9.17, 15) is 18.9 Å². The SMILES string of the molecule is C[C@@H](CP(=O)(OCc1ccccc1)O[C@@H](CCCCNC(=O)OCc1ccccc1)C(=O)OCc1ccccc1)N(C)C(=O)Cc1ccccc1. The van der Waals surface area contributed by atoms with Crippen molar-refractivity contribution in [2.45, 2.75) is 64.6 Å². The van der Waals surface area contributed by atoms with E-state index in [-0.39, 0.29) is 44.7 Å². The Kier molecular flexibility index (Phi) is 15.9. The van der Waals surface area contributed by atoms with E-state index in [1.165, 1.54) is 4.90 Å². The summed E-state index contributed by atoms with van der Waals surface area (Å²) in [7, 11) is -2.36. The van der Waals surface area contributed by atoms with Gasteiger partial charge in [0, 0.05) is 19.6 Å². The van der Waals surface area contributed by atoms with Gasteiger partial charge in [0.25, 0.3) is 0 Å². The maximum absolute atomic E-state index is 14.6. The van der Waals surface area contributed by atoms with Crippen LogP contribution in [0, 0.1) is 0 Å². The van der Waals surface area contributed by atoms with Gasteiger partial charge in [0.1, 0.15) is 13.2 Å². The standard InChI is InChI=1S/C40H47N2O8P/c1-32(42(2)38(43)27-33-17-7-3-8-18-33)31-51(46,49-30-36-23-13-6-14-24-36)50-37(39(44)47-28-34-19-9-4-10-20-34)25-15-16-26-41-40(45)48-29-35-21-11-5-12-22-35/h3-14,17-24,32,37H,15-16,25-31H2,1-2H3,(H,41,45)/t32-,37-,51?/m0/s1. The molecule has 10 nitrogen and oxygen atoms in total. The van der Waals surface area contributed by atoms with Gasteiger partial charge in [-0.2, -0.15) is 0 Å². The first-order valence-corrected chi connectivity index (χ1v) is 18.8. The van der Waals surface area contributed by atoms with E-state index in [0.29, 0.717) is 19.4 Å². The Morgan fingerprint density at radius 3 is 1.73 bits per heavy atom. The van der Waals surface area contributed by atoms with Crippen LogP contribution >= 0.6 is 7.60 Å². The zero-order chi connectivity index (χ0) is 36.3. The summed E-state index contributed by atoms with van der Waals surface area (Å²) >= 11 is 0. The molecule has 0 saturated carbocycles. The van der Waals surface area contributed by atoms with Crippen molar-refractivity contribution in [1.82, 2.24) is 10.2 Å². The number of carbonyl (C=O) groups is 3. The number of esters is 1. The van der Waals surface area contributed by atoms with Crippen LogP contribution in [-0.2, 0) is 58.9 Å². The lowest BCUT2D eigenvalue weighted by atomic mass is 10.1. The van der Waals surface area contributed by atoms with E-state index in [1.807, 2.05) is 121 Å². The number of nitrogens with one attached hydrogen (secondary N) is 1. The topological polar surface area (TPSA) is 120 Å². The molecular formula is C40H47N2O8P. The van der Waals surface area contributed by atoms with Gasteiger partial charge in [-0.3, -0.25) is 13.9 Å². The van der Waals surface area contributed by atoms with Crippen molar-refractivity contribution in [3.05, 3.63) is 144 Å². The van der Waals surface area contributed by atoms with E-state index in [2.05, 4.69) is 5.32 Å². The lowest BCUT2D eigenvalue weighted by Gasteiger charge is -2.30. The third-order valence-corrected chi connectivity index (χ3v) is 10.2. The largest absolute Gasteiger partial charge is 0.459 e.